The molecule has 1 rings (SSSR count). The lowest BCUT2D eigenvalue weighted by Gasteiger charge is -2.19. The molecular weight excluding hydrogens is 247 g/mol. The van der Waals surface area contributed by atoms with Crippen molar-refractivity contribution in [3.8, 4) is 0 Å². The van der Waals surface area contributed by atoms with Crippen LogP contribution in [0.25, 0.3) is 0 Å². The van der Waals surface area contributed by atoms with Gasteiger partial charge in [-0.1, -0.05) is 0 Å². The van der Waals surface area contributed by atoms with E-state index in [1.807, 2.05) is 0 Å². The van der Waals surface area contributed by atoms with Gasteiger partial charge in [-0.05, 0) is 13.8 Å². The average Bonchev–Trinajstić information content (AvgIpc) is 2.50. The van der Waals surface area contributed by atoms with E-state index >= 15 is 0 Å². The lowest BCUT2D eigenvalue weighted by atomic mass is 10.1. The molecule has 1 aromatic rings. The molecule has 0 saturated carbocycles. The van der Waals surface area contributed by atoms with Crippen molar-refractivity contribution in [1.29, 1.82) is 0 Å². The summed E-state index contributed by atoms with van der Waals surface area (Å²) in [7, 11) is 0. The summed E-state index contributed by atoms with van der Waals surface area (Å²) in [6, 6.07) is 0. The number of aliphatic carboxylic acids is 1. The van der Waals surface area contributed by atoms with Crippen LogP contribution in [0.2, 0.25) is 0 Å². The van der Waals surface area contributed by atoms with Crippen LogP contribution in [0.1, 0.15) is 19.7 Å². The molecule has 1 aromatic heterocycles. The van der Waals surface area contributed by atoms with Crippen molar-refractivity contribution in [2.75, 3.05) is 5.32 Å². The zero-order valence-corrected chi connectivity index (χ0v) is 9.11. The van der Waals surface area contributed by atoms with Crippen LogP contribution in [0.15, 0.2) is 0 Å². The first-order valence-electron chi connectivity index (χ1n) is 4.05. The highest BCUT2D eigenvalue weighted by molar-refractivity contribution is 7.09. The van der Waals surface area contributed by atoms with Crippen LogP contribution in [-0.2, 0) is 11.0 Å². The van der Waals surface area contributed by atoms with Crippen molar-refractivity contribution in [3.63, 3.8) is 0 Å². The molecule has 90 valence electrons. The summed E-state index contributed by atoms with van der Waals surface area (Å²) in [6.07, 6.45) is -4.62. The molecule has 0 unspecified atom stereocenters. The van der Waals surface area contributed by atoms with Crippen molar-refractivity contribution >= 4 is 22.6 Å². The Bertz CT molecular complexity index is 402. The number of anilines is 1. The molecule has 0 atom stereocenters. The van der Waals surface area contributed by atoms with Gasteiger partial charge in [0.05, 0.1) is 0 Å². The van der Waals surface area contributed by atoms with Gasteiger partial charge in [-0.15, -0.1) is 0 Å². The number of carboxylic acid groups (broad SMARTS) is 1. The van der Waals surface area contributed by atoms with Gasteiger partial charge in [0.2, 0.25) is 11.0 Å². The Balaban J connectivity index is 2.85. The second-order valence-electron chi connectivity index (χ2n) is 3.48. The third-order valence-corrected chi connectivity index (χ3v) is 2.26. The largest absolute Gasteiger partial charge is 0.480 e. The molecule has 0 saturated heterocycles. The second kappa shape index (κ2) is 3.89. The van der Waals surface area contributed by atoms with E-state index in [1.165, 1.54) is 13.8 Å². The van der Waals surface area contributed by atoms with Crippen LogP contribution < -0.4 is 5.32 Å². The molecule has 0 bridgehead atoms. The van der Waals surface area contributed by atoms with E-state index in [-0.39, 0.29) is 5.13 Å². The van der Waals surface area contributed by atoms with Gasteiger partial charge in [0, 0.05) is 11.5 Å². The van der Waals surface area contributed by atoms with Gasteiger partial charge in [-0.25, -0.2) is 4.79 Å². The van der Waals surface area contributed by atoms with Gasteiger partial charge in [0.1, 0.15) is 5.54 Å². The molecule has 0 aliphatic heterocycles. The van der Waals surface area contributed by atoms with E-state index in [0.717, 1.165) is 0 Å². The minimum absolute atomic E-state index is 0.181. The third kappa shape index (κ3) is 2.81. The van der Waals surface area contributed by atoms with Gasteiger partial charge in [-0.3, -0.25) is 0 Å². The van der Waals surface area contributed by atoms with E-state index in [2.05, 4.69) is 14.7 Å². The molecule has 2 N–H and O–H groups in total. The van der Waals surface area contributed by atoms with Crippen molar-refractivity contribution in [1.82, 2.24) is 9.36 Å². The van der Waals surface area contributed by atoms with Crippen LogP contribution in [0, 0.1) is 0 Å². The van der Waals surface area contributed by atoms with E-state index < -0.39 is 23.5 Å². The molecule has 0 aliphatic carbocycles. The fraction of sp³-hybridized carbons (Fsp3) is 0.571. The van der Waals surface area contributed by atoms with Gasteiger partial charge < -0.3 is 10.4 Å². The molecule has 16 heavy (non-hydrogen) atoms. The Morgan fingerprint density at radius 1 is 1.44 bits per heavy atom. The van der Waals surface area contributed by atoms with Gasteiger partial charge >= 0.3 is 12.1 Å². The maximum atomic E-state index is 12.1. The fourth-order valence-electron chi connectivity index (χ4n) is 0.710. The SMILES string of the molecule is CC(C)(Nc1nc(C(F)(F)F)ns1)C(=O)O. The molecule has 0 aliphatic rings. The highest BCUT2D eigenvalue weighted by Gasteiger charge is 2.37. The van der Waals surface area contributed by atoms with Gasteiger partial charge in [-0.2, -0.15) is 22.5 Å². The molecular formula is C7H8F3N3O2S. The Hall–Kier alpha value is -1.38. The highest BCUT2D eigenvalue weighted by Crippen LogP contribution is 2.29. The predicted octanol–water partition coefficient (Wildman–Crippen LogP) is 1.83. The van der Waals surface area contributed by atoms with E-state index in [1.54, 1.807) is 0 Å². The standard InChI is InChI=1S/C7H8F3N3O2S/c1-6(2,4(14)15)12-5-11-3(13-16-5)7(8,9)10/h1-2H3,(H,14,15)(H,11,12,13). The van der Waals surface area contributed by atoms with Gasteiger partial charge in [0.15, 0.2) is 0 Å². The monoisotopic (exact) mass is 255 g/mol. The van der Waals surface area contributed by atoms with Crippen LogP contribution >= 0.6 is 11.5 Å². The Morgan fingerprint density at radius 3 is 2.38 bits per heavy atom. The summed E-state index contributed by atoms with van der Waals surface area (Å²) in [6.45, 7) is 2.62. The molecule has 5 nitrogen and oxygen atoms in total. The number of carbonyl (C=O) groups is 1. The molecule has 0 spiro atoms. The summed E-state index contributed by atoms with van der Waals surface area (Å²) >= 11 is 0.465. The normalized spacial score (nSPS) is 12.6. The minimum atomic E-state index is -4.62. The number of halogens is 3. The first-order valence-corrected chi connectivity index (χ1v) is 4.83. The Kier molecular flexibility index (Phi) is 3.08. The summed E-state index contributed by atoms with van der Waals surface area (Å²) < 4.78 is 39.5. The average molecular weight is 255 g/mol. The maximum Gasteiger partial charge on any atom is 0.452 e. The number of hydrogen-bond donors (Lipinski definition) is 2. The number of hydrogen-bond acceptors (Lipinski definition) is 5. The lowest BCUT2D eigenvalue weighted by Crippen LogP contribution is -2.39. The van der Waals surface area contributed by atoms with E-state index in [4.69, 9.17) is 5.11 Å². The molecule has 0 aromatic carbocycles. The smallest absolute Gasteiger partial charge is 0.452 e. The minimum Gasteiger partial charge on any atom is -0.480 e. The molecule has 9 heteroatoms. The highest BCUT2D eigenvalue weighted by atomic mass is 32.1. The predicted molar refractivity (Wildman–Crippen MR) is 50.2 cm³/mol. The number of nitrogens with one attached hydrogen (secondary N) is 1. The van der Waals surface area contributed by atoms with Crippen LogP contribution in [0.4, 0.5) is 18.3 Å². The number of alkyl halides is 3. The molecule has 1 heterocycles. The number of aromatic nitrogens is 2. The number of nitrogens with zero attached hydrogens (tertiary/aromatic N) is 2. The Morgan fingerprint density at radius 2 is 2.00 bits per heavy atom. The third-order valence-electron chi connectivity index (χ3n) is 1.63. The molecule has 0 fully saturated rings. The van der Waals surface area contributed by atoms with Crippen molar-refractivity contribution in [3.05, 3.63) is 5.82 Å². The van der Waals surface area contributed by atoms with Crippen molar-refractivity contribution < 1.29 is 23.1 Å². The van der Waals surface area contributed by atoms with E-state index in [0.29, 0.717) is 11.5 Å². The summed E-state index contributed by atoms with van der Waals surface area (Å²) in [5.74, 6) is -2.47. The topological polar surface area (TPSA) is 75.1 Å². The summed E-state index contributed by atoms with van der Waals surface area (Å²) in [5.41, 5.74) is -1.40. The summed E-state index contributed by atoms with van der Waals surface area (Å²) in [5, 5.41) is 10.9. The Labute approximate surface area is 92.5 Å². The summed E-state index contributed by atoms with van der Waals surface area (Å²) in [4.78, 5) is 13.9. The second-order valence-corrected chi connectivity index (χ2v) is 4.23. The van der Waals surface area contributed by atoms with Crippen LogP contribution in [-0.4, -0.2) is 26.0 Å². The quantitative estimate of drug-likeness (QED) is 0.861. The fourth-order valence-corrected chi connectivity index (χ4v) is 1.46. The zero-order valence-electron chi connectivity index (χ0n) is 8.29. The van der Waals surface area contributed by atoms with Crippen LogP contribution in [0.5, 0.6) is 0 Å². The molecule has 0 radical (unpaired) electrons. The first-order chi connectivity index (χ1) is 7.13. The van der Waals surface area contributed by atoms with Crippen LogP contribution in [0.3, 0.4) is 0 Å². The van der Waals surface area contributed by atoms with Crippen molar-refractivity contribution in [2.24, 2.45) is 0 Å². The zero-order chi connectivity index (χ0) is 12.6. The number of carboxylic acids is 1. The lowest BCUT2D eigenvalue weighted by molar-refractivity contribution is -0.144. The molecule has 0 amide bonds. The van der Waals surface area contributed by atoms with Crippen molar-refractivity contribution in [2.45, 2.75) is 25.6 Å². The number of rotatable bonds is 3. The first kappa shape index (κ1) is 12.7. The maximum absolute atomic E-state index is 12.1. The van der Waals surface area contributed by atoms with E-state index in [9.17, 15) is 18.0 Å². The van der Waals surface area contributed by atoms with Gasteiger partial charge in [0.25, 0.3) is 0 Å².